The van der Waals surface area contributed by atoms with Crippen LogP contribution in [0.15, 0.2) is 48.6 Å². The molecular weight excluding hydrogens is 760 g/mol. The van der Waals surface area contributed by atoms with E-state index in [1.165, 1.54) is 0 Å². The van der Waals surface area contributed by atoms with Crippen LogP contribution in [0.25, 0.3) is 0 Å². The Hall–Kier alpha value is -2.68. The number of sulfone groups is 1. The lowest BCUT2D eigenvalue weighted by Crippen LogP contribution is -2.63. The zero-order valence-corrected chi connectivity index (χ0v) is 34.8. The topological polar surface area (TPSA) is 126 Å². The summed E-state index contributed by atoms with van der Waals surface area (Å²) >= 11 is 6.41. The molecule has 1 saturated carbocycles. The van der Waals surface area contributed by atoms with Gasteiger partial charge in [-0.05, 0) is 112 Å². The molecule has 0 radical (unpaired) electrons. The monoisotopic (exact) mass is 816 g/mol. The predicted octanol–water partition coefficient (Wildman–Crippen LogP) is 5.32. The minimum Gasteiger partial charge on any atom is -0.487 e. The Bertz CT molecular complexity index is 1980. The van der Waals surface area contributed by atoms with Gasteiger partial charge in [0.15, 0.2) is 9.84 Å². The van der Waals surface area contributed by atoms with Crippen LogP contribution >= 0.6 is 11.6 Å². The summed E-state index contributed by atoms with van der Waals surface area (Å²) in [5.74, 6) is 0.548. The lowest BCUT2D eigenvalue weighted by Gasteiger charge is -2.53. The van der Waals surface area contributed by atoms with Crippen LogP contribution in [0, 0.1) is 17.8 Å². The minimum atomic E-state index is -4.01. The fourth-order valence-electron chi connectivity index (χ4n) is 9.35. The van der Waals surface area contributed by atoms with E-state index in [-0.39, 0.29) is 40.9 Å². The van der Waals surface area contributed by atoms with E-state index in [0.29, 0.717) is 56.6 Å². The van der Waals surface area contributed by atoms with Gasteiger partial charge in [-0.3, -0.25) is 14.6 Å². The first-order valence-electron chi connectivity index (χ1n) is 20.1. The van der Waals surface area contributed by atoms with Crippen LogP contribution in [0.5, 0.6) is 5.75 Å². The fraction of sp³-hybridized carbons (Fsp3) is 0.634. The van der Waals surface area contributed by atoms with Gasteiger partial charge in [0.05, 0.1) is 22.4 Å². The third-order valence-corrected chi connectivity index (χ3v) is 16.7. The Morgan fingerprint density at radius 3 is 2.60 bits per heavy atom. The van der Waals surface area contributed by atoms with Crippen LogP contribution in [-0.2, 0) is 37.6 Å². The normalized spacial score (nSPS) is 32.3. The van der Waals surface area contributed by atoms with E-state index < -0.39 is 36.6 Å². The molecule has 6 atom stereocenters. The van der Waals surface area contributed by atoms with E-state index in [0.717, 1.165) is 68.6 Å². The average molecular weight is 818 g/mol. The maximum absolute atomic E-state index is 13.7. The number of rotatable bonds is 4. The highest BCUT2D eigenvalue weighted by Gasteiger charge is 2.49. The lowest BCUT2D eigenvalue weighted by atomic mass is 9.63. The van der Waals surface area contributed by atoms with Crippen molar-refractivity contribution in [1.82, 2.24) is 14.5 Å². The van der Waals surface area contributed by atoms with Gasteiger partial charge >= 0.3 is 0 Å². The Morgan fingerprint density at radius 1 is 0.982 bits per heavy atom. The quantitative estimate of drug-likeness (QED) is 0.406. The number of amides is 1. The number of ether oxygens (including phenoxy) is 2. The van der Waals surface area contributed by atoms with Crippen LogP contribution in [-0.4, -0.2) is 113 Å². The molecule has 0 unspecified atom stereocenters. The Kier molecular flexibility index (Phi) is 12.3. The van der Waals surface area contributed by atoms with Crippen molar-refractivity contribution < 1.29 is 31.1 Å². The number of benzene rings is 2. The number of carbonyl (C=O) groups excluding carboxylic acids is 1. The molecule has 7 rings (SSSR count). The molecule has 55 heavy (non-hydrogen) atoms. The fourth-order valence-corrected chi connectivity index (χ4v) is 12.4. The number of carbonyl (C=O) groups is 1. The lowest BCUT2D eigenvalue weighted by molar-refractivity contribution is -0.114. The summed E-state index contributed by atoms with van der Waals surface area (Å²) in [6.07, 6.45) is 9.47. The molecule has 0 spiro atoms. The largest absolute Gasteiger partial charge is 0.487 e. The summed E-state index contributed by atoms with van der Waals surface area (Å²) < 4.78 is 68.5. The number of sulfonamides is 1. The standard InChI is InChI=1S/C41H57ClN4O7S2/c1-4-53-41(28-44-18-19-45-20-21-54(48,49)27-36(45)25-44)16-7-8-29(2)30(3)55(50,51)43-40(47)32-12-15-39-38(23-32)46(24-33-11-14-37(33)41)17-6-5-9-31-22-35(42)13-10-34(31)26-52-39/h7,10,12-13,15-16,22-23,29-30,33,36-37H,4-6,8-9,11,14,17-21,24-28H2,1-3H3,(H,43,47)/b16-7+/t29-,30+,33-,36-,37+,41-/m0/s1. The maximum atomic E-state index is 13.7. The van der Waals surface area contributed by atoms with Crippen LogP contribution in [0.4, 0.5) is 5.69 Å². The van der Waals surface area contributed by atoms with Crippen molar-refractivity contribution in [3.63, 3.8) is 0 Å². The first-order valence-corrected chi connectivity index (χ1v) is 23.8. The summed E-state index contributed by atoms with van der Waals surface area (Å²) in [6.45, 7) is 11.4. The zero-order valence-electron chi connectivity index (χ0n) is 32.4. The number of anilines is 1. The number of hydrogen-bond donors (Lipinski definition) is 1. The average Bonchev–Trinajstić information content (AvgIpc) is 3.15. The van der Waals surface area contributed by atoms with Gasteiger partial charge in [-0.2, -0.15) is 0 Å². The van der Waals surface area contributed by atoms with Gasteiger partial charge in [0, 0.05) is 69.0 Å². The molecule has 2 aromatic rings. The highest BCUT2D eigenvalue weighted by atomic mass is 35.5. The molecule has 302 valence electrons. The molecule has 1 aliphatic carbocycles. The molecule has 3 fully saturated rings. The molecule has 14 heteroatoms. The smallest absolute Gasteiger partial charge is 0.264 e. The van der Waals surface area contributed by atoms with Crippen molar-refractivity contribution in [3.05, 3.63) is 70.3 Å². The molecule has 2 saturated heterocycles. The molecular formula is C41H57ClN4O7S2. The molecule has 2 bridgehead atoms. The second kappa shape index (κ2) is 16.7. The molecule has 5 aliphatic rings. The minimum absolute atomic E-state index is 0.0363. The summed E-state index contributed by atoms with van der Waals surface area (Å²) in [5.41, 5.74) is 2.61. The van der Waals surface area contributed by atoms with E-state index in [1.54, 1.807) is 25.1 Å². The third kappa shape index (κ3) is 9.07. The highest BCUT2D eigenvalue weighted by Crippen LogP contribution is 2.47. The number of allylic oxidation sites excluding steroid dienone is 1. The number of nitrogens with zero attached hydrogens (tertiary/aromatic N) is 3. The van der Waals surface area contributed by atoms with Crippen LogP contribution < -0.4 is 14.4 Å². The van der Waals surface area contributed by atoms with Crippen molar-refractivity contribution in [2.45, 2.75) is 82.8 Å². The second-order valence-corrected chi connectivity index (χ2v) is 21.2. The van der Waals surface area contributed by atoms with Crippen LogP contribution in [0.2, 0.25) is 5.02 Å². The predicted molar refractivity (Wildman–Crippen MR) is 217 cm³/mol. The van der Waals surface area contributed by atoms with Crippen molar-refractivity contribution >= 4 is 43.1 Å². The third-order valence-electron chi connectivity index (χ3n) is 12.9. The molecule has 0 aromatic heterocycles. The van der Waals surface area contributed by atoms with Gasteiger partial charge < -0.3 is 14.4 Å². The van der Waals surface area contributed by atoms with E-state index in [2.05, 4.69) is 31.6 Å². The Labute approximate surface area is 332 Å². The Balaban J connectivity index is 1.26. The zero-order chi connectivity index (χ0) is 39.0. The van der Waals surface area contributed by atoms with Crippen molar-refractivity contribution in [2.75, 3.05) is 68.8 Å². The number of fused-ring (bicyclic) bond motifs is 4. The molecule has 1 N–H and O–H groups in total. The van der Waals surface area contributed by atoms with Crippen LogP contribution in [0.3, 0.4) is 0 Å². The van der Waals surface area contributed by atoms with Gasteiger partial charge in [0.1, 0.15) is 18.0 Å². The van der Waals surface area contributed by atoms with Crippen molar-refractivity contribution in [2.24, 2.45) is 17.8 Å². The van der Waals surface area contributed by atoms with E-state index in [9.17, 15) is 21.6 Å². The number of halogens is 1. The molecule has 11 nitrogen and oxygen atoms in total. The van der Waals surface area contributed by atoms with Crippen molar-refractivity contribution in [3.8, 4) is 5.75 Å². The Morgan fingerprint density at radius 2 is 1.82 bits per heavy atom. The molecule has 1 amide bonds. The van der Waals surface area contributed by atoms with Crippen LogP contribution in [0.1, 0.15) is 74.4 Å². The second-order valence-electron chi connectivity index (χ2n) is 16.5. The van der Waals surface area contributed by atoms with Gasteiger partial charge in [-0.1, -0.05) is 36.7 Å². The molecule has 2 aromatic carbocycles. The van der Waals surface area contributed by atoms with Crippen molar-refractivity contribution in [1.29, 1.82) is 0 Å². The van der Waals surface area contributed by atoms with E-state index >= 15 is 0 Å². The van der Waals surface area contributed by atoms with Gasteiger partial charge in [0.2, 0.25) is 10.0 Å². The molecule has 4 aliphatic heterocycles. The summed E-state index contributed by atoms with van der Waals surface area (Å²) in [5, 5.41) is -0.135. The van der Waals surface area contributed by atoms with Gasteiger partial charge in [-0.25, -0.2) is 21.6 Å². The first kappa shape index (κ1) is 40.5. The molecule has 4 heterocycles. The number of aryl methyl sites for hydroxylation is 1. The highest BCUT2D eigenvalue weighted by molar-refractivity contribution is 7.91. The SMILES string of the molecule is CCO[C@]1(CN2CCN3CCS(=O)(=O)C[C@@H]3C2)/C=C/C[C@H](C)[C@@H](C)S(=O)(=O)NC(=O)c2ccc3c(c2)N(CCCCc2cc(Cl)ccc2CO3)C[C@@H]2CC[C@H]21. The summed E-state index contributed by atoms with van der Waals surface area (Å²) in [4.78, 5) is 20.7. The maximum Gasteiger partial charge on any atom is 0.264 e. The summed E-state index contributed by atoms with van der Waals surface area (Å²) in [6, 6.07) is 11.1. The van der Waals surface area contributed by atoms with E-state index in [1.807, 2.05) is 32.0 Å². The number of nitrogens with one attached hydrogen (secondary N) is 1. The van der Waals surface area contributed by atoms with Gasteiger partial charge in [0.25, 0.3) is 5.91 Å². The number of hydrogen-bond acceptors (Lipinski definition) is 10. The first-order chi connectivity index (χ1) is 26.3. The van der Waals surface area contributed by atoms with E-state index in [4.69, 9.17) is 21.1 Å². The summed E-state index contributed by atoms with van der Waals surface area (Å²) in [7, 11) is -7.09. The number of piperazine rings is 1. The van der Waals surface area contributed by atoms with Gasteiger partial charge in [-0.15, -0.1) is 0 Å².